The summed E-state index contributed by atoms with van der Waals surface area (Å²) in [4.78, 5) is 37.1. The average molecular weight is 561 g/mol. The maximum Gasteiger partial charge on any atom is 0.263 e. The summed E-state index contributed by atoms with van der Waals surface area (Å²) in [5.74, 6) is -0.355. The van der Waals surface area contributed by atoms with Gasteiger partial charge in [-0.15, -0.1) is 5.10 Å². The molecule has 1 unspecified atom stereocenters. The van der Waals surface area contributed by atoms with Gasteiger partial charge >= 0.3 is 0 Å². The van der Waals surface area contributed by atoms with Crippen LogP contribution >= 0.6 is 0 Å². The van der Waals surface area contributed by atoms with Crippen molar-refractivity contribution >= 4 is 44.7 Å². The van der Waals surface area contributed by atoms with E-state index in [0.717, 1.165) is 12.8 Å². The Kier molecular flexibility index (Phi) is 6.17. The van der Waals surface area contributed by atoms with Crippen LogP contribution in [0.3, 0.4) is 0 Å². The first-order valence-electron chi connectivity index (χ1n) is 13.0. The van der Waals surface area contributed by atoms with Gasteiger partial charge in [0.15, 0.2) is 11.5 Å². The van der Waals surface area contributed by atoms with Crippen molar-refractivity contribution in [1.82, 2.24) is 24.5 Å². The Labute approximate surface area is 230 Å². The van der Waals surface area contributed by atoms with Gasteiger partial charge < -0.3 is 16.0 Å². The minimum atomic E-state index is -3.67. The van der Waals surface area contributed by atoms with E-state index in [9.17, 15) is 18.0 Å². The molecule has 1 fully saturated rings. The Hall–Kier alpha value is -4.52. The SMILES string of the molecule is CCS(=O)(=O)Nc1cc(-c2ccn3nc(N)c(C(=O)Nc4cccnc4)c3n2)cc2c1C(=O)N(C(C)C1CC1)C2. The molecule has 0 spiro atoms. The van der Waals surface area contributed by atoms with Crippen molar-refractivity contribution in [3.63, 3.8) is 0 Å². The fourth-order valence-electron chi connectivity index (χ4n) is 5.06. The summed E-state index contributed by atoms with van der Waals surface area (Å²) in [5, 5.41) is 6.97. The molecule has 206 valence electrons. The third-order valence-electron chi connectivity index (χ3n) is 7.43. The minimum absolute atomic E-state index is 0.00620. The number of nitrogens with two attached hydrogens (primary N) is 1. The number of nitrogens with one attached hydrogen (secondary N) is 2. The first-order chi connectivity index (χ1) is 19.1. The first-order valence-corrected chi connectivity index (χ1v) is 14.7. The minimum Gasteiger partial charge on any atom is -0.381 e. The largest absolute Gasteiger partial charge is 0.381 e. The molecular formula is C27H28N8O4S. The zero-order chi connectivity index (χ0) is 28.2. The molecule has 12 nitrogen and oxygen atoms in total. The van der Waals surface area contributed by atoms with Gasteiger partial charge in [0.1, 0.15) is 5.56 Å². The van der Waals surface area contributed by atoms with Crippen LogP contribution in [0.4, 0.5) is 17.2 Å². The van der Waals surface area contributed by atoms with Crippen molar-refractivity contribution in [2.24, 2.45) is 5.92 Å². The van der Waals surface area contributed by atoms with Crippen molar-refractivity contribution in [1.29, 1.82) is 0 Å². The van der Waals surface area contributed by atoms with Crippen LogP contribution in [0.25, 0.3) is 16.9 Å². The van der Waals surface area contributed by atoms with Crippen LogP contribution in [0.1, 0.15) is 53.0 Å². The molecule has 1 aliphatic heterocycles. The number of fused-ring (bicyclic) bond motifs is 2. The zero-order valence-corrected chi connectivity index (χ0v) is 22.8. The lowest BCUT2D eigenvalue weighted by Gasteiger charge is -2.24. The molecule has 0 radical (unpaired) electrons. The summed E-state index contributed by atoms with van der Waals surface area (Å²) in [5.41, 5.74) is 9.25. The second kappa shape index (κ2) is 9.59. The van der Waals surface area contributed by atoms with Gasteiger partial charge in [0.05, 0.1) is 34.6 Å². The van der Waals surface area contributed by atoms with E-state index in [2.05, 4.69) is 20.1 Å². The van der Waals surface area contributed by atoms with Crippen LogP contribution in [0.2, 0.25) is 0 Å². The lowest BCUT2D eigenvalue weighted by molar-refractivity contribution is 0.0698. The van der Waals surface area contributed by atoms with Crippen molar-refractivity contribution < 1.29 is 18.0 Å². The van der Waals surface area contributed by atoms with Crippen molar-refractivity contribution in [3.05, 3.63) is 65.6 Å². The lowest BCUT2D eigenvalue weighted by atomic mass is 10.0. The molecule has 2 amide bonds. The number of anilines is 3. The molecule has 2 aliphatic rings. The van der Waals surface area contributed by atoms with Crippen molar-refractivity contribution in [3.8, 4) is 11.3 Å². The Morgan fingerprint density at radius 1 is 1.25 bits per heavy atom. The second-order valence-electron chi connectivity index (χ2n) is 10.1. The van der Waals surface area contributed by atoms with Crippen LogP contribution in [0, 0.1) is 5.92 Å². The lowest BCUT2D eigenvalue weighted by Crippen LogP contribution is -2.35. The number of amides is 2. The molecule has 1 saturated carbocycles. The van der Waals surface area contributed by atoms with E-state index in [0.29, 0.717) is 40.5 Å². The third kappa shape index (κ3) is 4.62. The van der Waals surface area contributed by atoms with Crippen LogP contribution in [0.5, 0.6) is 0 Å². The van der Waals surface area contributed by atoms with Crippen molar-refractivity contribution in [2.75, 3.05) is 21.5 Å². The third-order valence-corrected chi connectivity index (χ3v) is 8.72. The van der Waals surface area contributed by atoms with E-state index in [-0.39, 0.29) is 40.4 Å². The molecule has 4 N–H and O–H groups in total. The molecule has 0 saturated heterocycles. The average Bonchev–Trinajstić information content (AvgIpc) is 3.65. The first kappa shape index (κ1) is 25.7. The molecule has 3 aromatic heterocycles. The molecule has 1 aliphatic carbocycles. The quantitative estimate of drug-likeness (QED) is 0.296. The highest BCUT2D eigenvalue weighted by Gasteiger charge is 2.40. The Balaban J connectivity index is 1.43. The molecular weight excluding hydrogens is 532 g/mol. The highest BCUT2D eigenvalue weighted by atomic mass is 32.2. The number of nitrogen functional groups attached to an aromatic ring is 1. The van der Waals surface area contributed by atoms with Gasteiger partial charge in [-0.05, 0) is 68.5 Å². The Morgan fingerprint density at radius 3 is 2.75 bits per heavy atom. The van der Waals surface area contributed by atoms with Gasteiger partial charge in [0.2, 0.25) is 10.0 Å². The standard InChI is InChI=1S/C27H28N8O4S/c1-3-40(38,39)33-21-12-17(11-18-14-34(27(37)22(18)21)15(2)16-6-7-16)20-8-10-35-25(31-20)23(24(28)32-35)26(36)30-19-5-4-9-29-13-19/h4-5,8-13,15-16,33H,3,6-7,14H2,1-2H3,(H2,28,32)(H,30,36). The number of carbonyl (C=O) groups is 2. The fraction of sp³-hybridized carbons (Fsp3) is 0.296. The molecule has 1 aromatic carbocycles. The van der Waals surface area contributed by atoms with Gasteiger partial charge in [-0.3, -0.25) is 19.3 Å². The summed E-state index contributed by atoms with van der Waals surface area (Å²) in [6.07, 6.45) is 6.90. The highest BCUT2D eigenvalue weighted by molar-refractivity contribution is 7.92. The number of rotatable bonds is 8. The number of nitrogens with zero attached hydrogens (tertiary/aromatic N) is 5. The predicted octanol–water partition coefficient (Wildman–Crippen LogP) is 3.14. The van der Waals surface area contributed by atoms with Gasteiger partial charge in [-0.25, -0.2) is 17.9 Å². The second-order valence-corrected chi connectivity index (χ2v) is 12.1. The monoisotopic (exact) mass is 560 g/mol. The number of carbonyl (C=O) groups excluding carboxylic acids is 2. The summed E-state index contributed by atoms with van der Waals surface area (Å²) < 4.78 is 29.2. The molecule has 40 heavy (non-hydrogen) atoms. The summed E-state index contributed by atoms with van der Waals surface area (Å²) >= 11 is 0. The van der Waals surface area contributed by atoms with Crippen molar-refractivity contribution in [2.45, 2.75) is 39.3 Å². The number of aromatic nitrogens is 4. The summed E-state index contributed by atoms with van der Waals surface area (Å²) in [6.45, 7) is 3.95. The van der Waals surface area contributed by atoms with Crippen LogP contribution in [-0.4, -0.2) is 56.5 Å². The van der Waals surface area contributed by atoms with E-state index in [1.165, 1.54) is 17.6 Å². The summed E-state index contributed by atoms with van der Waals surface area (Å²) in [6, 6.07) is 8.62. The molecule has 4 heterocycles. The number of hydrogen-bond donors (Lipinski definition) is 3. The summed E-state index contributed by atoms with van der Waals surface area (Å²) in [7, 11) is -3.67. The fourth-order valence-corrected chi connectivity index (χ4v) is 5.70. The van der Waals surface area contributed by atoms with Crippen LogP contribution in [0.15, 0.2) is 48.9 Å². The van der Waals surface area contributed by atoms with Gasteiger partial charge in [-0.2, -0.15) is 0 Å². The topological polar surface area (TPSA) is 165 Å². The Bertz CT molecular complexity index is 1770. The van der Waals surface area contributed by atoms with E-state index < -0.39 is 15.9 Å². The molecule has 6 rings (SSSR count). The van der Waals surface area contributed by atoms with E-state index >= 15 is 0 Å². The van der Waals surface area contributed by atoms with E-state index in [1.807, 2.05) is 17.9 Å². The Morgan fingerprint density at radius 2 is 2.05 bits per heavy atom. The molecule has 0 bridgehead atoms. The molecule has 4 aromatic rings. The zero-order valence-electron chi connectivity index (χ0n) is 22.0. The van der Waals surface area contributed by atoms with E-state index in [1.54, 1.807) is 36.7 Å². The number of hydrogen-bond acceptors (Lipinski definition) is 8. The van der Waals surface area contributed by atoms with E-state index in [4.69, 9.17) is 10.7 Å². The molecule has 13 heteroatoms. The number of sulfonamides is 1. The van der Waals surface area contributed by atoms with Gasteiger partial charge in [-0.1, -0.05) is 0 Å². The number of pyridine rings is 1. The van der Waals surface area contributed by atoms with Crippen LogP contribution < -0.4 is 15.8 Å². The normalized spacial score (nSPS) is 15.8. The van der Waals surface area contributed by atoms with Crippen LogP contribution in [-0.2, 0) is 16.6 Å². The number of benzene rings is 1. The highest BCUT2D eigenvalue weighted by Crippen LogP contribution is 2.41. The smallest absolute Gasteiger partial charge is 0.263 e. The maximum atomic E-state index is 13.5. The molecule has 1 atom stereocenters. The van der Waals surface area contributed by atoms with Gasteiger partial charge in [0.25, 0.3) is 11.8 Å². The maximum absolute atomic E-state index is 13.5. The van der Waals surface area contributed by atoms with Gasteiger partial charge in [0, 0.05) is 30.5 Å². The predicted molar refractivity (Wildman–Crippen MR) is 150 cm³/mol.